The van der Waals surface area contributed by atoms with Crippen molar-refractivity contribution in [3.63, 3.8) is 0 Å². The molecule has 2 N–H and O–H groups in total. The molecule has 0 fully saturated rings. The van der Waals surface area contributed by atoms with E-state index in [1.165, 1.54) is 15.0 Å². The zero-order chi connectivity index (χ0) is 12.4. The maximum Gasteiger partial charge on any atom is 0.0701 e. The van der Waals surface area contributed by atoms with Gasteiger partial charge in [0.15, 0.2) is 0 Å². The Morgan fingerprint density at radius 1 is 1.35 bits per heavy atom. The number of halogens is 1. The molecule has 4 heteroatoms. The average Bonchev–Trinajstić information content (AvgIpc) is 2.68. The van der Waals surface area contributed by atoms with Gasteiger partial charge in [0.25, 0.3) is 0 Å². The molecule has 1 aromatic heterocycles. The fourth-order valence-electron chi connectivity index (χ4n) is 1.69. The predicted molar refractivity (Wildman–Crippen MR) is 79.7 cm³/mol. The summed E-state index contributed by atoms with van der Waals surface area (Å²) in [5, 5.41) is 2.17. The molecule has 1 aromatic carbocycles. The van der Waals surface area contributed by atoms with Crippen LogP contribution in [0, 0.1) is 6.92 Å². The van der Waals surface area contributed by atoms with E-state index in [1.54, 1.807) is 11.3 Å². The smallest absolute Gasteiger partial charge is 0.0701 e. The lowest BCUT2D eigenvalue weighted by atomic mass is 10.1. The standard InChI is InChI=1S/C13H15BrN2S/c1-9-5-11(3-4-12(9)15)16(2)7-10-6-13(14)17-8-10/h3-6,8H,7,15H2,1-2H3. The molecule has 0 aliphatic carbocycles. The van der Waals surface area contributed by atoms with Crippen LogP contribution >= 0.6 is 27.3 Å². The first-order valence-electron chi connectivity index (χ1n) is 5.36. The van der Waals surface area contributed by atoms with Crippen molar-refractivity contribution < 1.29 is 0 Å². The summed E-state index contributed by atoms with van der Waals surface area (Å²) in [6, 6.07) is 8.30. The van der Waals surface area contributed by atoms with Crippen molar-refractivity contribution >= 4 is 38.6 Å². The molecule has 0 amide bonds. The first kappa shape index (κ1) is 12.5. The van der Waals surface area contributed by atoms with Crippen LogP contribution in [0.2, 0.25) is 0 Å². The van der Waals surface area contributed by atoms with Gasteiger partial charge < -0.3 is 10.6 Å². The summed E-state index contributed by atoms with van der Waals surface area (Å²) in [5.41, 5.74) is 10.3. The molecule has 0 spiro atoms. The maximum absolute atomic E-state index is 5.82. The minimum Gasteiger partial charge on any atom is -0.399 e. The molecular weight excluding hydrogens is 296 g/mol. The van der Waals surface area contributed by atoms with Crippen molar-refractivity contribution in [2.45, 2.75) is 13.5 Å². The summed E-state index contributed by atoms with van der Waals surface area (Å²) in [6.07, 6.45) is 0. The minimum atomic E-state index is 0.848. The van der Waals surface area contributed by atoms with E-state index in [-0.39, 0.29) is 0 Å². The van der Waals surface area contributed by atoms with Gasteiger partial charge in [-0.1, -0.05) is 0 Å². The second-order valence-corrected chi connectivity index (χ2v) is 6.45. The van der Waals surface area contributed by atoms with E-state index < -0.39 is 0 Å². The first-order chi connectivity index (χ1) is 8.06. The molecular formula is C13H15BrN2S. The highest BCUT2D eigenvalue weighted by atomic mass is 79.9. The van der Waals surface area contributed by atoms with Gasteiger partial charge in [0.2, 0.25) is 0 Å². The largest absolute Gasteiger partial charge is 0.399 e. The van der Waals surface area contributed by atoms with E-state index in [4.69, 9.17) is 5.73 Å². The Balaban J connectivity index is 2.14. The molecule has 0 aliphatic rings. The molecule has 0 aliphatic heterocycles. The summed E-state index contributed by atoms with van der Waals surface area (Å²) < 4.78 is 1.18. The van der Waals surface area contributed by atoms with Crippen molar-refractivity contribution in [3.8, 4) is 0 Å². The van der Waals surface area contributed by atoms with E-state index >= 15 is 0 Å². The Labute approximate surface area is 114 Å². The molecule has 2 rings (SSSR count). The predicted octanol–water partition coefficient (Wildman–Crippen LogP) is 4.04. The van der Waals surface area contributed by atoms with Gasteiger partial charge >= 0.3 is 0 Å². The second-order valence-electron chi connectivity index (χ2n) is 4.16. The van der Waals surface area contributed by atoms with Crippen molar-refractivity contribution in [3.05, 3.63) is 44.6 Å². The minimum absolute atomic E-state index is 0.848. The topological polar surface area (TPSA) is 29.3 Å². The molecule has 0 unspecified atom stereocenters. The van der Waals surface area contributed by atoms with Crippen LogP contribution in [0.5, 0.6) is 0 Å². The summed E-state index contributed by atoms with van der Waals surface area (Å²) >= 11 is 5.20. The average molecular weight is 311 g/mol. The molecule has 0 saturated carbocycles. The number of benzene rings is 1. The van der Waals surface area contributed by atoms with Crippen LogP contribution in [-0.4, -0.2) is 7.05 Å². The number of nitrogens with two attached hydrogens (primary N) is 1. The Bertz CT molecular complexity index is 522. The lowest BCUT2D eigenvalue weighted by Crippen LogP contribution is -2.16. The van der Waals surface area contributed by atoms with Crippen LogP contribution < -0.4 is 10.6 Å². The van der Waals surface area contributed by atoms with Gasteiger partial charge in [-0.05, 0) is 63.6 Å². The number of anilines is 2. The maximum atomic E-state index is 5.82. The van der Waals surface area contributed by atoms with Gasteiger partial charge in [0.1, 0.15) is 0 Å². The van der Waals surface area contributed by atoms with Gasteiger partial charge in [-0.15, -0.1) is 11.3 Å². The van der Waals surface area contributed by atoms with Crippen LogP contribution in [0.4, 0.5) is 11.4 Å². The lowest BCUT2D eigenvalue weighted by Gasteiger charge is -2.19. The van der Waals surface area contributed by atoms with Gasteiger partial charge in [-0.25, -0.2) is 0 Å². The van der Waals surface area contributed by atoms with Crippen molar-refractivity contribution in [1.29, 1.82) is 0 Å². The number of thiophene rings is 1. The van der Waals surface area contributed by atoms with E-state index in [0.29, 0.717) is 0 Å². The Morgan fingerprint density at radius 3 is 2.71 bits per heavy atom. The summed E-state index contributed by atoms with van der Waals surface area (Å²) in [7, 11) is 2.09. The number of nitrogen functional groups attached to an aromatic ring is 1. The zero-order valence-corrected chi connectivity index (χ0v) is 12.3. The SMILES string of the molecule is Cc1cc(N(C)Cc2csc(Br)c2)ccc1N. The van der Waals surface area contributed by atoms with Gasteiger partial charge in [0.05, 0.1) is 3.79 Å². The zero-order valence-electron chi connectivity index (χ0n) is 9.90. The number of hydrogen-bond acceptors (Lipinski definition) is 3. The molecule has 17 heavy (non-hydrogen) atoms. The van der Waals surface area contributed by atoms with E-state index in [0.717, 1.165) is 17.8 Å². The normalized spacial score (nSPS) is 10.5. The highest BCUT2D eigenvalue weighted by Gasteiger charge is 2.05. The lowest BCUT2D eigenvalue weighted by molar-refractivity contribution is 0.926. The highest BCUT2D eigenvalue weighted by molar-refractivity contribution is 9.11. The summed E-state index contributed by atoms with van der Waals surface area (Å²) in [6.45, 7) is 2.94. The van der Waals surface area contributed by atoms with Crippen molar-refractivity contribution in [1.82, 2.24) is 0 Å². The molecule has 90 valence electrons. The summed E-state index contributed by atoms with van der Waals surface area (Å²) in [4.78, 5) is 2.22. The highest BCUT2D eigenvalue weighted by Crippen LogP contribution is 2.24. The van der Waals surface area contributed by atoms with Crippen LogP contribution in [0.3, 0.4) is 0 Å². The molecule has 0 bridgehead atoms. The van der Waals surface area contributed by atoms with Gasteiger partial charge in [0, 0.05) is 25.0 Å². The molecule has 0 atom stereocenters. The van der Waals surface area contributed by atoms with Gasteiger partial charge in [-0.2, -0.15) is 0 Å². The van der Waals surface area contributed by atoms with Crippen LogP contribution in [0.15, 0.2) is 33.4 Å². The van der Waals surface area contributed by atoms with Gasteiger partial charge in [-0.3, -0.25) is 0 Å². The molecule has 0 radical (unpaired) electrons. The molecule has 1 heterocycles. The van der Waals surface area contributed by atoms with E-state index in [1.807, 2.05) is 13.0 Å². The van der Waals surface area contributed by atoms with Crippen LogP contribution in [-0.2, 0) is 6.54 Å². The monoisotopic (exact) mass is 310 g/mol. The third-order valence-electron chi connectivity index (χ3n) is 2.74. The summed E-state index contributed by atoms with van der Waals surface area (Å²) in [5.74, 6) is 0. The molecule has 2 nitrogen and oxygen atoms in total. The third-order valence-corrected chi connectivity index (χ3v) is 4.29. The number of nitrogens with zero attached hydrogens (tertiary/aromatic N) is 1. The Kier molecular flexibility index (Phi) is 3.74. The molecule has 0 saturated heterocycles. The quantitative estimate of drug-likeness (QED) is 0.867. The van der Waals surface area contributed by atoms with Crippen LogP contribution in [0.25, 0.3) is 0 Å². The van der Waals surface area contributed by atoms with Crippen molar-refractivity contribution in [2.75, 3.05) is 17.7 Å². The molecule has 2 aromatic rings. The fourth-order valence-corrected chi connectivity index (χ4v) is 2.89. The van der Waals surface area contributed by atoms with Crippen molar-refractivity contribution in [2.24, 2.45) is 0 Å². The number of rotatable bonds is 3. The second kappa shape index (κ2) is 5.10. The van der Waals surface area contributed by atoms with E-state index in [2.05, 4.69) is 51.5 Å². The Morgan fingerprint density at radius 2 is 2.12 bits per heavy atom. The first-order valence-corrected chi connectivity index (χ1v) is 7.03. The van der Waals surface area contributed by atoms with Crippen LogP contribution in [0.1, 0.15) is 11.1 Å². The number of aryl methyl sites for hydroxylation is 1. The van der Waals surface area contributed by atoms with E-state index in [9.17, 15) is 0 Å². The Hall–Kier alpha value is -1.00. The number of hydrogen-bond donors (Lipinski definition) is 1. The third kappa shape index (κ3) is 3.01. The fraction of sp³-hybridized carbons (Fsp3) is 0.231.